The van der Waals surface area contributed by atoms with Crippen molar-refractivity contribution >= 4 is 18.3 Å². The molecule has 0 atom stereocenters. The Labute approximate surface area is 92.1 Å². The Bertz CT molecular complexity index is 284. The highest BCUT2D eigenvalue weighted by Crippen LogP contribution is 2.19. The van der Waals surface area contributed by atoms with E-state index in [1.807, 2.05) is 0 Å². The quantitative estimate of drug-likeness (QED) is 0.445. The van der Waals surface area contributed by atoms with E-state index in [4.69, 9.17) is 5.73 Å². The van der Waals surface area contributed by atoms with Gasteiger partial charge in [0.25, 0.3) is 0 Å². The van der Waals surface area contributed by atoms with E-state index in [0.717, 1.165) is 17.9 Å². The highest BCUT2D eigenvalue weighted by molar-refractivity contribution is 7.80. The van der Waals surface area contributed by atoms with Gasteiger partial charge in [-0.25, -0.2) is 0 Å². The molecule has 2 N–H and O–H groups in total. The zero-order valence-electron chi connectivity index (χ0n) is 9.01. The Morgan fingerprint density at radius 1 is 1.14 bits per heavy atom. The number of aryl methyl sites for hydroxylation is 3. The molecule has 0 heterocycles. The van der Waals surface area contributed by atoms with Crippen LogP contribution in [0.5, 0.6) is 0 Å². The van der Waals surface area contributed by atoms with Crippen molar-refractivity contribution < 1.29 is 0 Å². The van der Waals surface area contributed by atoms with Gasteiger partial charge in [0, 0.05) is 5.69 Å². The molecule has 0 aromatic heterocycles. The van der Waals surface area contributed by atoms with Gasteiger partial charge < -0.3 is 5.73 Å². The normalized spacial score (nSPS) is 10.5. The molecule has 14 heavy (non-hydrogen) atoms. The van der Waals surface area contributed by atoms with Gasteiger partial charge in [-0.2, -0.15) is 12.6 Å². The molecule has 0 saturated carbocycles. The molecule has 1 rings (SSSR count). The monoisotopic (exact) mass is 209 g/mol. The zero-order valence-corrected chi connectivity index (χ0v) is 9.90. The molecule has 0 aliphatic heterocycles. The Kier molecular flexibility index (Phi) is 4.33. The summed E-state index contributed by atoms with van der Waals surface area (Å²) in [6.45, 7) is 4.15. The van der Waals surface area contributed by atoms with E-state index in [0.29, 0.717) is 0 Å². The van der Waals surface area contributed by atoms with Crippen molar-refractivity contribution in [3.63, 3.8) is 0 Å². The lowest BCUT2D eigenvalue weighted by atomic mass is 10.0. The second kappa shape index (κ2) is 5.30. The van der Waals surface area contributed by atoms with Gasteiger partial charge in [-0.3, -0.25) is 0 Å². The van der Waals surface area contributed by atoms with E-state index in [9.17, 15) is 0 Å². The van der Waals surface area contributed by atoms with Gasteiger partial charge in [0.15, 0.2) is 0 Å². The molecule has 2 heteroatoms. The van der Waals surface area contributed by atoms with Crippen molar-refractivity contribution in [3.05, 3.63) is 28.8 Å². The SMILES string of the molecule is Cc1cc(CCCCS)cc(C)c1N. The molecular formula is C12H19NS. The molecule has 1 aromatic carbocycles. The average Bonchev–Trinajstić information content (AvgIpc) is 2.14. The van der Waals surface area contributed by atoms with Crippen LogP contribution in [0.1, 0.15) is 29.5 Å². The minimum atomic E-state index is 0.933. The van der Waals surface area contributed by atoms with E-state index in [1.54, 1.807) is 0 Å². The molecular weight excluding hydrogens is 190 g/mol. The lowest BCUT2D eigenvalue weighted by molar-refractivity contribution is 0.803. The van der Waals surface area contributed by atoms with Gasteiger partial charge in [-0.05, 0) is 55.6 Å². The third-order valence-electron chi connectivity index (χ3n) is 2.53. The maximum Gasteiger partial charge on any atom is 0.0373 e. The molecule has 1 aromatic rings. The van der Waals surface area contributed by atoms with Gasteiger partial charge in [0.2, 0.25) is 0 Å². The van der Waals surface area contributed by atoms with Gasteiger partial charge in [0.1, 0.15) is 0 Å². The number of anilines is 1. The van der Waals surface area contributed by atoms with Crippen LogP contribution in [-0.4, -0.2) is 5.75 Å². The summed E-state index contributed by atoms with van der Waals surface area (Å²) in [5, 5.41) is 0. The molecule has 0 amide bonds. The smallest absolute Gasteiger partial charge is 0.0373 e. The first-order chi connectivity index (χ1) is 6.65. The fourth-order valence-corrected chi connectivity index (χ4v) is 1.87. The van der Waals surface area contributed by atoms with Crippen molar-refractivity contribution in [1.82, 2.24) is 0 Å². The first kappa shape index (κ1) is 11.4. The number of hydrogen-bond acceptors (Lipinski definition) is 2. The van der Waals surface area contributed by atoms with Gasteiger partial charge >= 0.3 is 0 Å². The first-order valence-corrected chi connectivity index (χ1v) is 5.75. The van der Waals surface area contributed by atoms with E-state index < -0.39 is 0 Å². The van der Waals surface area contributed by atoms with Crippen LogP contribution in [0.3, 0.4) is 0 Å². The third kappa shape index (κ3) is 2.95. The van der Waals surface area contributed by atoms with Crippen molar-refractivity contribution in [2.75, 3.05) is 11.5 Å². The van der Waals surface area contributed by atoms with Crippen molar-refractivity contribution in [2.45, 2.75) is 33.1 Å². The number of rotatable bonds is 4. The summed E-state index contributed by atoms with van der Waals surface area (Å²) in [4.78, 5) is 0. The molecule has 0 saturated heterocycles. The molecule has 0 aliphatic rings. The maximum absolute atomic E-state index is 5.89. The van der Waals surface area contributed by atoms with Crippen LogP contribution < -0.4 is 5.73 Å². The van der Waals surface area contributed by atoms with Crippen LogP contribution >= 0.6 is 12.6 Å². The lowest BCUT2D eigenvalue weighted by Gasteiger charge is -2.08. The number of unbranched alkanes of at least 4 members (excludes halogenated alkanes) is 1. The van der Waals surface area contributed by atoms with Gasteiger partial charge in [0.05, 0.1) is 0 Å². The largest absolute Gasteiger partial charge is 0.398 e. The van der Waals surface area contributed by atoms with Crippen molar-refractivity contribution in [3.8, 4) is 0 Å². The number of benzene rings is 1. The van der Waals surface area contributed by atoms with Crippen molar-refractivity contribution in [1.29, 1.82) is 0 Å². The number of hydrogen-bond donors (Lipinski definition) is 2. The Balaban J connectivity index is 2.69. The van der Waals surface area contributed by atoms with E-state index in [1.165, 1.54) is 29.5 Å². The van der Waals surface area contributed by atoms with Crippen LogP contribution in [-0.2, 0) is 6.42 Å². The molecule has 0 bridgehead atoms. The predicted molar refractivity (Wildman–Crippen MR) is 67.1 cm³/mol. The first-order valence-electron chi connectivity index (χ1n) is 5.11. The van der Waals surface area contributed by atoms with E-state index in [2.05, 4.69) is 38.6 Å². The Morgan fingerprint density at radius 3 is 2.21 bits per heavy atom. The standard InChI is InChI=1S/C12H19NS/c1-9-7-11(5-3-4-6-14)8-10(2)12(9)13/h7-8,14H,3-6,13H2,1-2H3. The summed E-state index contributed by atoms with van der Waals surface area (Å²) in [5.41, 5.74) is 10.6. The number of thiol groups is 1. The molecule has 0 fully saturated rings. The fraction of sp³-hybridized carbons (Fsp3) is 0.500. The molecule has 0 radical (unpaired) electrons. The third-order valence-corrected chi connectivity index (χ3v) is 2.84. The van der Waals surface area contributed by atoms with E-state index >= 15 is 0 Å². The highest BCUT2D eigenvalue weighted by Gasteiger charge is 2.01. The minimum absolute atomic E-state index is 0.933. The Morgan fingerprint density at radius 2 is 1.71 bits per heavy atom. The van der Waals surface area contributed by atoms with Crippen LogP contribution in [0.15, 0.2) is 12.1 Å². The van der Waals surface area contributed by atoms with E-state index in [-0.39, 0.29) is 0 Å². The number of nitrogens with two attached hydrogens (primary N) is 1. The summed E-state index contributed by atoms with van der Waals surface area (Å²) in [7, 11) is 0. The summed E-state index contributed by atoms with van der Waals surface area (Å²) >= 11 is 4.20. The molecule has 0 aliphatic carbocycles. The predicted octanol–water partition coefficient (Wildman–Crippen LogP) is 3.14. The highest BCUT2D eigenvalue weighted by atomic mass is 32.1. The second-order valence-electron chi connectivity index (χ2n) is 3.82. The summed E-state index contributed by atoms with van der Waals surface area (Å²) in [6, 6.07) is 4.39. The summed E-state index contributed by atoms with van der Waals surface area (Å²) in [6.07, 6.45) is 3.54. The lowest BCUT2D eigenvalue weighted by Crippen LogP contribution is -1.96. The van der Waals surface area contributed by atoms with Crippen LogP contribution in [0.4, 0.5) is 5.69 Å². The second-order valence-corrected chi connectivity index (χ2v) is 4.27. The van der Waals surface area contributed by atoms with Crippen LogP contribution in [0.25, 0.3) is 0 Å². The van der Waals surface area contributed by atoms with Crippen molar-refractivity contribution in [2.24, 2.45) is 0 Å². The summed E-state index contributed by atoms with van der Waals surface area (Å²) < 4.78 is 0. The number of nitrogen functional groups attached to an aromatic ring is 1. The molecule has 1 nitrogen and oxygen atoms in total. The molecule has 0 unspecified atom stereocenters. The zero-order chi connectivity index (χ0) is 10.6. The van der Waals surface area contributed by atoms with Crippen LogP contribution in [0, 0.1) is 13.8 Å². The Hall–Kier alpha value is -0.630. The molecule has 0 spiro atoms. The van der Waals surface area contributed by atoms with Gasteiger partial charge in [-0.1, -0.05) is 12.1 Å². The fourth-order valence-electron chi connectivity index (χ4n) is 1.65. The minimum Gasteiger partial charge on any atom is -0.398 e. The maximum atomic E-state index is 5.89. The van der Waals surface area contributed by atoms with Gasteiger partial charge in [-0.15, -0.1) is 0 Å². The average molecular weight is 209 g/mol. The topological polar surface area (TPSA) is 26.0 Å². The summed E-state index contributed by atoms with van der Waals surface area (Å²) in [5.74, 6) is 0.979. The van der Waals surface area contributed by atoms with Crippen LogP contribution in [0.2, 0.25) is 0 Å². The molecule has 78 valence electrons.